The maximum atomic E-state index is 12.2. The second-order valence-electron chi connectivity index (χ2n) is 5.71. The van der Waals surface area contributed by atoms with Crippen molar-refractivity contribution in [3.63, 3.8) is 0 Å². The molecule has 0 bridgehead atoms. The summed E-state index contributed by atoms with van der Waals surface area (Å²) >= 11 is 1.58. The monoisotopic (exact) mass is 309 g/mol. The predicted octanol–water partition coefficient (Wildman–Crippen LogP) is 2.35. The van der Waals surface area contributed by atoms with Gasteiger partial charge in [-0.25, -0.2) is 9.78 Å². The SMILES string of the molecule is O=C(O)CCC1CCN(C(=O)Nc2nc3c(s2)CCC3)C1. The van der Waals surface area contributed by atoms with Crippen molar-refractivity contribution >= 4 is 28.5 Å². The van der Waals surface area contributed by atoms with Crippen LogP contribution in [0.3, 0.4) is 0 Å². The van der Waals surface area contributed by atoms with Crippen LogP contribution in [0, 0.1) is 5.92 Å². The maximum Gasteiger partial charge on any atom is 0.323 e. The highest BCUT2D eigenvalue weighted by Crippen LogP contribution is 2.31. The van der Waals surface area contributed by atoms with Crippen molar-refractivity contribution in [1.82, 2.24) is 9.88 Å². The molecule has 0 saturated carbocycles. The summed E-state index contributed by atoms with van der Waals surface area (Å²) in [6, 6.07) is -0.111. The number of nitrogens with one attached hydrogen (secondary N) is 1. The zero-order valence-corrected chi connectivity index (χ0v) is 12.6. The number of carbonyl (C=O) groups excluding carboxylic acids is 1. The topological polar surface area (TPSA) is 82.5 Å². The summed E-state index contributed by atoms with van der Waals surface area (Å²) < 4.78 is 0. The van der Waals surface area contributed by atoms with Crippen LogP contribution >= 0.6 is 11.3 Å². The van der Waals surface area contributed by atoms with Gasteiger partial charge < -0.3 is 10.0 Å². The third-order valence-electron chi connectivity index (χ3n) is 4.15. The van der Waals surface area contributed by atoms with Gasteiger partial charge in [0.15, 0.2) is 5.13 Å². The minimum atomic E-state index is -0.768. The summed E-state index contributed by atoms with van der Waals surface area (Å²) in [4.78, 5) is 30.3. The van der Waals surface area contributed by atoms with Crippen LogP contribution in [0.2, 0.25) is 0 Å². The zero-order valence-electron chi connectivity index (χ0n) is 11.8. The molecule has 1 aromatic rings. The van der Waals surface area contributed by atoms with Gasteiger partial charge in [0.1, 0.15) is 0 Å². The van der Waals surface area contributed by atoms with Gasteiger partial charge >= 0.3 is 12.0 Å². The Kier molecular flexibility index (Phi) is 4.10. The standard InChI is InChI=1S/C14H19N3O3S/c18-12(19)5-4-9-6-7-17(8-9)14(20)16-13-15-10-2-1-3-11(10)21-13/h9H,1-8H2,(H,18,19)(H,15,16,20). The largest absolute Gasteiger partial charge is 0.481 e. The lowest BCUT2D eigenvalue weighted by Crippen LogP contribution is -2.33. The molecule has 1 aliphatic heterocycles. The van der Waals surface area contributed by atoms with Gasteiger partial charge in [0.2, 0.25) is 0 Å². The van der Waals surface area contributed by atoms with Crippen molar-refractivity contribution in [2.45, 2.75) is 38.5 Å². The summed E-state index contributed by atoms with van der Waals surface area (Å²) in [7, 11) is 0. The molecule has 0 radical (unpaired) electrons. The molecule has 114 valence electrons. The Morgan fingerprint density at radius 3 is 3.05 bits per heavy atom. The minimum Gasteiger partial charge on any atom is -0.481 e. The highest BCUT2D eigenvalue weighted by atomic mass is 32.1. The third-order valence-corrected chi connectivity index (χ3v) is 5.22. The molecule has 1 saturated heterocycles. The minimum absolute atomic E-state index is 0.111. The highest BCUT2D eigenvalue weighted by molar-refractivity contribution is 7.15. The smallest absolute Gasteiger partial charge is 0.323 e. The molecule has 2 amide bonds. The number of carboxylic acid groups (broad SMARTS) is 1. The molecule has 1 aliphatic carbocycles. The number of amides is 2. The fourth-order valence-corrected chi connectivity index (χ4v) is 4.03. The Hall–Kier alpha value is -1.63. The van der Waals surface area contributed by atoms with Crippen molar-refractivity contribution in [3.05, 3.63) is 10.6 Å². The number of urea groups is 1. The number of nitrogens with zero attached hydrogens (tertiary/aromatic N) is 2. The number of anilines is 1. The molecule has 21 heavy (non-hydrogen) atoms. The first-order chi connectivity index (χ1) is 10.1. The molecule has 3 rings (SSSR count). The van der Waals surface area contributed by atoms with Crippen LogP contribution in [0.4, 0.5) is 9.93 Å². The van der Waals surface area contributed by atoms with Gasteiger partial charge in [0.05, 0.1) is 5.69 Å². The third kappa shape index (κ3) is 3.34. The molecule has 7 heteroatoms. The van der Waals surface area contributed by atoms with Crippen LogP contribution in [-0.2, 0) is 17.6 Å². The number of hydrogen-bond acceptors (Lipinski definition) is 4. The molecule has 1 fully saturated rings. The Balaban J connectivity index is 1.50. The van der Waals surface area contributed by atoms with Gasteiger partial charge in [-0.2, -0.15) is 0 Å². The van der Waals surface area contributed by atoms with E-state index in [1.54, 1.807) is 16.2 Å². The van der Waals surface area contributed by atoms with Gasteiger partial charge in [-0.05, 0) is 38.0 Å². The van der Waals surface area contributed by atoms with E-state index < -0.39 is 5.97 Å². The Bertz CT molecular complexity index is 536. The first-order valence-corrected chi connectivity index (χ1v) is 8.20. The van der Waals surface area contributed by atoms with Gasteiger partial charge in [-0.3, -0.25) is 10.1 Å². The number of carbonyl (C=O) groups is 2. The Labute approximate surface area is 127 Å². The lowest BCUT2D eigenvalue weighted by Gasteiger charge is -2.16. The van der Waals surface area contributed by atoms with E-state index in [4.69, 9.17) is 5.11 Å². The zero-order chi connectivity index (χ0) is 14.8. The number of rotatable bonds is 4. The van der Waals surface area contributed by atoms with Crippen molar-refractivity contribution in [3.8, 4) is 0 Å². The summed E-state index contributed by atoms with van der Waals surface area (Å²) in [6.45, 7) is 1.34. The number of aliphatic carboxylic acids is 1. The van der Waals surface area contributed by atoms with Crippen LogP contribution in [0.5, 0.6) is 0 Å². The molecule has 2 aliphatic rings. The van der Waals surface area contributed by atoms with E-state index in [2.05, 4.69) is 10.3 Å². The highest BCUT2D eigenvalue weighted by Gasteiger charge is 2.27. The van der Waals surface area contributed by atoms with Crippen LogP contribution in [0.1, 0.15) is 36.3 Å². The number of carboxylic acids is 1. The van der Waals surface area contributed by atoms with E-state index in [1.807, 2.05) is 0 Å². The molecule has 1 unspecified atom stereocenters. The van der Waals surface area contributed by atoms with E-state index in [-0.39, 0.29) is 12.5 Å². The Morgan fingerprint density at radius 2 is 2.29 bits per heavy atom. The number of aryl methyl sites for hydroxylation is 2. The summed E-state index contributed by atoms with van der Waals surface area (Å²) in [5.41, 5.74) is 1.14. The lowest BCUT2D eigenvalue weighted by molar-refractivity contribution is -0.137. The molecule has 1 aromatic heterocycles. The number of fused-ring (bicyclic) bond motifs is 1. The Morgan fingerprint density at radius 1 is 1.43 bits per heavy atom. The average molecular weight is 309 g/mol. The average Bonchev–Trinajstić information content (AvgIpc) is 3.10. The van der Waals surface area contributed by atoms with Crippen molar-refractivity contribution < 1.29 is 14.7 Å². The lowest BCUT2D eigenvalue weighted by atomic mass is 10.0. The maximum absolute atomic E-state index is 12.2. The fraction of sp³-hybridized carbons (Fsp3) is 0.643. The summed E-state index contributed by atoms with van der Waals surface area (Å²) in [5, 5.41) is 12.3. The number of hydrogen-bond donors (Lipinski definition) is 2. The first-order valence-electron chi connectivity index (χ1n) is 7.38. The van der Waals surface area contributed by atoms with E-state index in [9.17, 15) is 9.59 Å². The van der Waals surface area contributed by atoms with E-state index in [0.717, 1.165) is 25.0 Å². The first kappa shape index (κ1) is 14.3. The van der Waals surface area contributed by atoms with Gasteiger partial charge in [0.25, 0.3) is 0 Å². The number of likely N-dealkylation sites (tertiary alicyclic amines) is 1. The van der Waals surface area contributed by atoms with Crippen molar-refractivity contribution in [2.24, 2.45) is 5.92 Å². The van der Waals surface area contributed by atoms with Gasteiger partial charge in [-0.1, -0.05) is 0 Å². The van der Waals surface area contributed by atoms with E-state index >= 15 is 0 Å². The molecule has 0 aromatic carbocycles. The van der Waals surface area contributed by atoms with Gasteiger partial charge in [0, 0.05) is 24.4 Å². The molecule has 1 atom stereocenters. The second kappa shape index (κ2) is 6.01. The van der Waals surface area contributed by atoms with Crippen LogP contribution in [0.15, 0.2) is 0 Å². The molecule has 2 N–H and O–H groups in total. The summed E-state index contributed by atoms with van der Waals surface area (Å²) in [5.74, 6) is -0.469. The summed E-state index contributed by atoms with van der Waals surface area (Å²) in [6.07, 6.45) is 4.96. The van der Waals surface area contributed by atoms with Crippen LogP contribution < -0.4 is 5.32 Å². The van der Waals surface area contributed by atoms with Crippen molar-refractivity contribution in [2.75, 3.05) is 18.4 Å². The number of aromatic nitrogens is 1. The molecular formula is C14H19N3O3S. The second-order valence-corrected chi connectivity index (χ2v) is 6.79. The molecular weight excluding hydrogens is 290 g/mol. The van der Waals surface area contributed by atoms with Crippen molar-refractivity contribution in [1.29, 1.82) is 0 Å². The molecule has 0 spiro atoms. The van der Waals surface area contributed by atoms with Gasteiger partial charge in [-0.15, -0.1) is 11.3 Å². The van der Waals surface area contributed by atoms with E-state index in [0.29, 0.717) is 30.6 Å². The van der Waals surface area contributed by atoms with Crippen LogP contribution in [-0.4, -0.2) is 40.1 Å². The quantitative estimate of drug-likeness (QED) is 0.894. The van der Waals surface area contributed by atoms with E-state index in [1.165, 1.54) is 11.3 Å². The fourth-order valence-electron chi connectivity index (χ4n) is 2.99. The predicted molar refractivity (Wildman–Crippen MR) is 79.7 cm³/mol. The van der Waals surface area contributed by atoms with Crippen LogP contribution in [0.25, 0.3) is 0 Å². The molecule has 2 heterocycles. The normalized spacial score (nSPS) is 20.6. The number of thiazole rings is 1. The molecule has 6 nitrogen and oxygen atoms in total.